The fourth-order valence-corrected chi connectivity index (χ4v) is 2.60. The lowest BCUT2D eigenvalue weighted by atomic mass is 10.2. The Bertz CT molecular complexity index is 583. The summed E-state index contributed by atoms with van der Waals surface area (Å²) in [5, 5.41) is 7.35. The van der Waals surface area contributed by atoms with Crippen molar-refractivity contribution in [3.8, 4) is 0 Å². The van der Waals surface area contributed by atoms with Crippen molar-refractivity contribution >= 4 is 40.4 Å². The van der Waals surface area contributed by atoms with Crippen LogP contribution < -0.4 is 5.32 Å². The lowest BCUT2D eigenvalue weighted by molar-refractivity contribution is 0.0946. The van der Waals surface area contributed by atoms with E-state index >= 15 is 0 Å². The second-order valence-corrected chi connectivity index (χ2v) is 5.27. The van der Waals surface area contributed by atoms with Crippen molar-refractivity contribution in [2.75, 3.05) is 0 Å². The SMILES string of the molecule is Cc1cscc1CNC(=O)c1nc(Cl)ccc1Cl. The normalized spacial score (nSPS) is 10.4. The van der Waals surface area contributed by atoms with Gasteiger partial charge >= 0.3 is 0 Å². The van der Waals surface area contributed by atoms with Gasteiger partial charge in [0, 0.05) is 6.54 Å². The van der Waals surface area contributed by atoms with Crippen molar-refractivity contribution in [2.24, 2.45) is 0 Å². The van der Waals surface area contributed by atoms with E-state index in [4.69, 9.17) is 23.2 Å². The maximum atomic E-state index is 11.9. The van der Waals surface area contributed by atoms with Crippen molar-refractivity contribution < 1.29 is 4.79 Å². The van der Waals surface area contributed by atoms with E-state index < -0.39 is 0 Å². The zero-order valence-corrected chi connectivity index (χ0v) is 11.9. The minimum atomic E-state index is -0.326. The Labute approximate surface area is 119 Å². The van der Waals surface area contributed by atoms with Gasteiger partial charge in [-0.2, -0.15) is 11.3 Å². The summed E-state index contributed by atoms with van der Waals surface area (Å²) in [4.78, 5) is 15.8. The van der Waals surface area contributed by atoms with E-state index in [2.05, 4.69) is 10.3 Å². The summed E-state index contributed by atoms with van der Waals surface area (Å²) in [5.74, 6) is -0.326. The quantitative estimate of drug-likeness (QED) is 0.879. The molecule has 0 spiro atoms. The van der Waals surface area contributed by atoms with E-state index in [-0.39, 0.29) is 16.8 Å². The average molecular weight is 301 g/mol. The molecule has 6 heteroatoms. The molecule has 1 N–H and O–H groups in total. The van der Waals surface area contributed by atoms with Gasteiger partial charge in [-0.3, -0.25) is 4.79 Å². The third-order valence-corrected chi connectivity index (χ3v) is 3.85. The molecule has 2 aromatic heterocycles. The summed E-state index contributed by atoms with van der Waals surface area (Å²) >= 11 is 13.2. The Balaban J connectivity index is 2.08. The van der Waals surface area contributed by atoms with Gasteiger partial charge in [0.1, 0.15) is 10.8 Å². The molecule has 2 heterocycles. The molecule has 0 atom stereocenters. The zero-order chi connectivity index (χ0) is 13.1. The van der Waals surface area contributed by atoms with Crippen LogP contribution in [0.2, 0.25) is 10.2 Å². The predicted molar refractivity (Wildman–Crippen MR) is 74.5 cm³/mol. The lowest BCUT2D eigenvalue weighted by Gasteiger charge is -2.06. The molecule has 0 radical (unpaired) electrons. The van der Waals surface area contributed by atoms with E-state index in [0.717, 1.165) is 11.1 Å². The van der Waals surface area contributed by atoms with Crippen LogP contribution in [-0.4, -0.2) is 10.9 Å². The van der Waals surface area contributed by atoms with Crippen LogP contribution in [0.1, 0.15) is 21.6 Å². The fraction of sp³-hybridized carbons (Fsp3) is 0.167. The molecule has 3 nitrogen and oxygen atoms in total. The van der Waals surface area contributed by atoms with Crippen LogP contribution in [0.25, 0.3) is 0 Å². The number of carbonyl (C=O) groups is 1. The van der Waals surface area contributed by atoms with Crippen LogP contribution in [0, 0.1) is 6.92 Å². The summed E-state index contributed by atoms with van der Waals surface area (Å²) in [5.41, 5.74) is 2.40. The number of hydrogen-bond acceptors (Lipinski definition) is 3. The third-order valence-electron chi connectivity index (χ3n) is 2.43. The third kappa shape index (κ3) is 3.02. The van der Waals surface area contributed by atoms with Crippen molar-refractivity contribution in [1.29, 1.82) is 0 Å². The van der Waals surface area contributed by atoms with Crippen LogP contribution >= 0.6 is 34.5 Å². The first-order valence-corrected chi connectivity index (χ1v) is 6.89. The molecule has 0 bridgehead atoms. The number of halogens is 2. The predicted octanol–water partition coefficient (Wildman–Crippen LogP) is 3.69. The molecule has 94 valence electrons. The standard InChI is InChI=1S/C12H10Cl2N2OS/c1-7-5-18-6-8(7)4-15-12(17)11-9(13)2-3-10(14)16-11/h2-3,5-6H,4H2,1H3,(H,15,17). The van der Waals surface area contributed by atoms with E-state index in [0.29, 0.717) is 11.6 Å². The van der Waals surface area contributed by atoms with Crippen LogP contribution in [0.4, 0.5) is 0 Å². The minimum Gasteiger partial charge on any atom is -0.347 e. The highest BCUT2D eigenvalue weighted by Crippen LogP contribution is 2.17. The highest BCUT2D eigenvalue weighted by atomic mass is 35.5. The van der Waals surface area contributed by atoms with E-state index in [9.17, 15) is 4.79 Å². The van der Waals surface area contributed by atoms with Gasteiger partial charge in [-0.1, -0.05) is 23.2 Å². The molecule has 0 aliphatic heterocycles. The van der Waals surface area contributed by atoms with Gasteiger partial charge in [0.05, 0.1) is 5.02 Å². The van der Waals surface area contributed by atoms with Gasteiger partial charge in [0.2, 0.25) is 0 Å². The van der Waals surface area contributed by atoms with E-state index in [1.54, 1.807) is 23.5 Å². The zero-order valence-electron chi connectivity index (χ0n) is 9.54. The molecule has 0 saturated carbocycles. The second-order valence-electron chi connectivity index (χ2n) is 3.73. The monoisotopic (exact) mass is 300 g/mol. The molecule has 1 amide bonds. The topological polar surface area (TPSA) is 42.0 Å². The number of aromatic nitrogens is 1. The first-order valence-electron chi connectivity index (χ1n) is 5.20. The maximum Gasteiger partial charge on any atom is 0.271 e. The van der Waals surface area contributed by atoms with Gasteiger partial charge in [-0.25, -0.2) is 4.98 Å². The van der Waals surface area contributed by atoms with Crippen LogP contribution in [0.3, 0.4) is 0 Å². The molecule has 0 aliphatic rings. The summed E-state index contributed by atoms with van der Waals surface area (Å²) in [7, 11) is 0. The van der Waals surface area contributed by atoms with Crippen molar-refractivity contribution in [2.45, 2.75) is 13.5 Å². The second kappa shape index (κ2) is 5.69. The number of amides is 1. The lowest BCUT2D eigenvalue weighted by Crippen LogP contribution is -2.24. The summed E-state index contributed by atoms with van der Waals surface area (Å²) < 4.78 is 0. The number of aryl methyl sites for hydroxylation is 1. The highest BCUT2D eigenvalue weighted by Gasteiger charge is 2.13. The molecular formula is C12H10Cl2N2OS. The molecule has 0 saturated heterocycles. The maximum absolute atomic E-state index is 11.9. The van der Waals surface area contributed by atoms with E-state index in [1.165, 1.54) is 0 Å². The number of nitrogens with one attached hydrogen (secondary N) is 1. The Morgan fingerprint density at radius 3 is 2.83 bits per heavy atom. The number of carbonyl (C=O) groups excluding carboxylic acids is 1. The molecule has 0 fully saturated rings. The summed E-state index contributed by atoms with van der Waals surface area (Å²) in [6.45, 7) is 2.46. The van der Waals surface area contributed by atoms with Gasteiger partial charge in [-0.05, 0) is 40.9 Å². The Morgan fingerprint density at radius 1 is 1.39 bits per heavy atom. The number of rotatable bonds is 3. The molecular weight excluding hydrogens is 291 g/mol. The molecule has 2 rings (SSSR count). The van der Waals surface area contributed by atoms with Crippen LogP contribution in [0.5, 0.6) is 0 Å². The molecule has 0 aliphatic carbocycles. The number of nitrogens with zero attached hydrogens (tertiary/aromatic N) is 1. The Hall–Kier alpha value is -1.10. The number of thiophene rings is 1. The van der Waals surface area contributed by atoms with Crippen molar-refractivity contribution in [3.05, 3.63) is 49.9 Å². The summed E-state index contributed by atoms with van der Waals surface area (Å²) in [6, 6.07) is 3.10. The van der Waals surface area contributed by atoms with Crippen LogP contribution in [0.15, 0.2) is 22.9 Å². The van der Waals surface area contributed by atoms with Crippen molar-refractivity contribution in [3.63, 3.8) is 0 Å². The molecule has 18 heavy (non-hydrogen) atoms. The number of hydrogen-bond donors (Lipinski definition) is 1. The molecule has 0 unspecified atom stereocenters. The summed E-state index contributed by atoms with van der Waals surface area (Å²) in [6.07, 6.45) is 0. The first kappa shape index (κ1) is 13.3. The van der Waals surface area contributed by atoms with Crippen LogP contribution in [-0.2, 0) is 6.54 Å². The van der Waals surface area contributed by atoms with Gasteiger partial charge in [0.25, 0.3) is 5.91 Å². The van der Waals surface area contributed by atoms with Gasteiger partial charge in [-0.15, -0.1) is 0 Å². The van der Waals surface area contributed by atoms with Gasteiger partial charge in [0.15, 0.2) is 0 Å². The largest absolute Gasteiger partial charge is 0.347 e. The molecule has 2 aromatic rings. The van der Waals surface area contributed by atoms with Crippen molar-refractivity contribution in [1.82, 2.24) is 10.3 Å². The Kier molecular flexibility index (Phi) is 4.22. The van der Waals surface area contributed by atoms with Gasteiger partial charge < -0.3 is 5.32 Å². The number of pyridine rings is 1. The highest BCUT2D eigenvalue weighted by molar-refractivity contribution is 7.08. The minimum absolute atomic E-state index is 0.150. The average Bonchev–Trinajstić information content (AvgIpc) is 2.75. The smallest absolute Gasteiger partial charge is 0.271 e. The Morgan fingerprint density at radius 2 is 2.17 bits per heavy atom. The van der Waals surface area contributed by atoms with E-state index in [1.807, 2.05) is 17.7 Å². The first-order chi connectivity index (χ1) is 8.58. The molecule has 0 aromatic carbocycles. The fourth-order valence-electron chi connectivity index (χ4n) is 1.40.